The van der Waals surface area contributed by atoms with E-state index in [0.717, 1.165) is 17.6 Å². The van der Waals surface area contributed by atoms with Crippen molar-refractivity contribution in [2.24, 2.45) is 11.8 Å². The molecule has 0 radical (unpaired) electrons. The van der Waals surface area contributed by atoms with Gasteiger partial charge in [-0.05, 0) is 23.5 Å². The largest absolute Gasteiger partial charge is 0.294 e. The third-order valence-electron chi connectivity index (χ3n) is 3.16. The average molecular weight is 252 g/mol. The lowest BCUT2D eigenvalue weighted by Gasteiger charge is -2.15. The highest BCUT2D eigenvalue weighted by molar-refractivity contribution is 6.01. The van der Waals surface area contributed by atoms with Crippen LogP contribution in [0.25, 0.3) is 6.08 Å². The summed E-state index contributed by atoms with van der Waals surface area (Å²) < 4.78 is 0. The molecule has 0 saturated carbocycles. The van der Waals surface area contributed by atoms with Gasteiger partial charge in [0.25, 0.3) is 0 Å². The first-order chi connectivity index (χ1) is 9.16. The van der Waals surface area contributed by atoms with Crippen LogP contribution in [0.3, 0.4) is 0 Å². The molecule has 0 bridgehead atoms. The molecule has 0 aromatic heterocycles. The van der Waals surface area contributed by atoms with Crippen molar-refractivity contribution in [2.45, 2.75) is 20.3 Å². The Bertz CT molecular complexity index is 518. The van der Waals surface area contributed by atoms with Crippen molar-refractivity contribution in [2.75, 3.05) is 0 Å². The van der Waals surface area contributed by atoms with Gasteiger partial charge in [0.05, 0.1) is 5.92 Å². The van der Waals surface area contributed by atoms with Gasteiger partial charge in [0.1, 0.15) is 0 Å². The smallest absolute Gasteiger partial charge is 0.169 e. The summed E-state index contributed by atoms with van der Waals surface area (Å²) >= 11 is 0. The Labute approximate surface area is 115 Å². The molecule has 0 N–H and O–H groups in total. The van der Waals surface area contributed by atoms with Crippen LogP contribution in [-0.4, -0.2) is 5.78 Å². The van der Waals surface area contributed by atoms with Crippen LogP contribution in [0.4, 0.5) is 0 Å². The fraction of sp³-hybridized carbons (Fsp3) is 0.278. The molecule has 98 valence electrons. The molecule has 1 unspecified atom stereocenters. The predicted octanol–water partition coefficient (Wildman–Crippen LogP) is 4.43. The number of allylic oxidation sites excluding steroid dienone is 5. The minimum Gasteiger partial charge on any atom is -0.294 e. The molecule has 1 aromatic rings. The van der Waals surface area contributed by atoms with Gasteiger partial charge in [0.2, 0.25) is 0 Å². The van der Waals surface area contributed by atoms with E-state index in [2.05, 4.69) is 13.8 Å². The topological polar surface area (TPSA) is 17.1 Å². The molecule has 0 fully saturated rings. The molecule has 2 rings (SSSR count). The Kier molecular flexibility index (Phi) is 4.51. The van der Waals surface area contributed by atoms with Crippen LogP contribution in [0.2, 0.25) is 0 Å². The average Bonchev–Trinajstić information content (AvgIpc) is 2.40. The Hall–Kier alpha value is -1.89. The van der Waals surface area contributed by atoms with Gasteiger partial charge in [0, 0.05) is 0 Å². The van der Waals surface area contributed by atoms with E-state index in [1.807, 2.05) is 60.7 Å². The number of hydrogen-bond acceptors (Lipinski definition) is 1. The first kappa shape index (κ1) is 13.5. The maximum absolute atomic E-state index is 12.3. The van der Waals surface area contributed by atoms with Gasteiger partial charge < -0.3 is 0 Å². The van der Waals surface area contributed by atoms with Crippen molar-refractivity contribution in [3.05, 3.63) is 65.8 Å². The molecule has 1 heteroatoms. The van der Waals surface area contributed by atoms with Gasteiger partial charge in [-0.1, -0.05) is 74.6 Å². The van der Waals surface area contributed by atoms with Crippen molar-refractivity contribution in [3.63, 3.8) is 0 Å². The molecule has 1 atom stereocenters. The monoisotopic (exact) mass is 252 g/mol. The highest BCUT2D eigenvalue weighted by Gasteiger charge is 2.20. The molecule has 1 aliphatic carbocycles. The maximum atomic E-state index is 12.3. The molecular formula is C18H20O. The molecule has 19 heavy (non-hydrogen) atoms. The lowest BCUT2D eigenvalue weighted by Crippen LogP contribution is -2.16. The second-order valence-electron chi connectivity index (χ2n) is 5.33. The van der Waals surface area contributed by atoms with Gasteiger partial charge in [-0.15, -0.1) is 0 Å². The number of hydrogen-bond donors (Lipinski definition) is 0. The van der Waals surface area contributed by atoms with Gasteiger partial charge in [-0.3, -0.25) is 4.79 Å². The Morgan fingerprint density at radius 3 is 2.63 bits per heavy atom. The van der Waals surface area contributed by atoms with Crippen LogP contribution in [-0.2, 0) is 4.79 Å². The summed E-state index contributed by atoms with van der Waals surface area (Å²) in [7, 11) is 0. The Balaban J connectivity index is 2.07. The summed E-state index contributed by atoms with van der Waals surface area (Å²) in [4.78, 5) is 12.3. The maximum Gasteiger partial charge on any atom is 0.169 e. The SMILES string of the molecule is CC(C)CC1=CC=CC(C=Cc2ccccc2)C1=O. The van der Waals surface area contributed by atoms with Crippen molar-refractivity contribution in [1.29, 1.82) is 0 Å². The minimum atomic E-state index is -0.112. The van der Waals surface area contributed by atoms with Crippen LogP contribution in [0, 0.1) is 11.8 Å². The Morgan fingerprint density at radius 1 is 1.21 bits per heavy atom. The minimum absolute atomic E-state index is 0.112. The van der Waals surface area contributed by atoms with E-state index in [9.17, 15) is 4.79 Å². The normalized spacial score (nSPS) is 19.2. The zero-order chi connectivity index (χ0) is 13.7. The van der Waals surface area contributed by atoms with E-state index in [-0.39, 0.29) is 11.7 Å². The van der Waals surface area contributed by atoms with E-state index in [4.69, 9.17) is 0 Å². The molecule has 1 nitrogen and oxygen atoms in total. The van der Waals surface area contributed by atoms with E-state index >= 15 is 0 Å². The van der Waals surface area contributed by atoms with Crippen LogP contribution >= 0.6 is 0 Å². The van der Waals surface area contributed by atoms with Gasteiger partial charge in [-0.25, -0.2) is 0 Å². The van der Waals surface area contributed by atoms with Crippen LogP contribution < -0.4 is 0 Å². The summed E-state index contributed by atoms with van der Waals surface area (Å²) in [5.74, 6) is 0.641. The van der Waals surface area contributed by atoms with Gasteiger partial charge in [0.15, 0.2) is 5.78 Å². The summed E-state index contributed by atoms with van der Waals surface area (Å²) in [6, 6.07) is 10.1. The molecule has 0 heterocycles. The van der Waals surface area contributed by atoms with Crippen molar-refractivity contribution >= 4 is 11.9 Å². The number of rotatable bonds is 4. The first-order valence-corrected chi connectivity index (χ1v) is 6.81. The second kappa shape index (κ2) is 6.33. The van der Waals surface area contributed by atoms with Gasteiger partial charge >= 0.3 is 0 Å². The molecule has 1 aromatic carbocycles. The van der Waals surface area contributed by atoms with E-state index in [0.29, 0.717) is 5.92 Å². The van der Waals surface area contributed by atoms with Crippen molar-refractivity contribution < 1.29 is 4.79 Å². The van der Waals surface area contributed by atoms with Gasteiger partial charge in [-0.2, -0.15) is 0 Å². The first-order valence-electron chi connectivity index (χ1n) is 6.81. The highest BCUT2D eigenvalue weighted by atomic mass is 16.1. The molecule has 0 saturated heterocycles. The highest BCUT2D eigenvalue weighted by Crippen LogP contribution is 2.22. The third kappa shape index (κ3) is 3.78. The number of carbonyl (C=O) groups excluding carboxylic acids is 1. The Morgan fingerprint density at radius 2 is 1.95 bits per heavy atom. The van der Waals surface area contributed by atoms with Crippen LogP contribution in [0.15, 0.2) is 60.2 Å². The lowest BCUT2D eigenvalue weighted by atomic mass is 9.87. The molecule has 0 aliphatic heterocycles. The molecule has 0 spiro atoms. The summed E-state index contributed by atoms with van der Waals surface area (Å²) in [6.45, 7) is 4.28. The lowest BCUT2D eigenvalue weighted by molar-refractivity contribution is -0.117. The van der Waals surface area contributed by atoms with Crippen molar-refractivity contribution in [3.8, 4) is 0 Å². The number of ketones is 1. The summed E-state index contributed by atoms with van der Waals surface area (Å²) in [5.41, 5.74) is 2.07. The van der Waals surface area contributed by atoms with E-state index in [1.54, 1.807) is 0 Å². The second-order valence-corrected chi connectivity index (χ2v) is 5.33. The fourth-order valence-corrected chi connectivity index (χ4v) is 2.21. The quantitative estimate of drug-likeness (QED) is 0.775. The molecule has 0 amide bonds. The predicted molar refractivity (Wildman–Crippen MR) is 80.7 cm³/mol. The van der Waals surface area contributed by atoms with E-state index in [1.165, 1.54) is 0 Å². The number of benzene rings is 1. The fourth-order valence-electron chi connectivity index (χ4n) is 2.21. The van der Waals surface area contributed by atoms with E-state index < -0.39 is 0 Å². The third-order valence-corrected chi connectivity index (χ3v) is 3.16. The van der Waals surface area contributed by atoms with Crippen LogP contribution in [0.5, 0.6) is 0 Å². The van der Waals surface area contributed by atoms with Crippen LogP contribution in [0.1, 0.15) is 25.8 Å². The number of Topliss-reactive ketones (excluding diaryl/α,β-unsaturated/α-hetero) is 1. The zero-order valence-electron chi connectivity index (χ0n) is 11.5. The molecule has 1 aliphatic rings. The zero-order valence-corrected chi connectivity index (χ0v) is 11.5. The van der Waals surface area contributed by atoms with Crippen molar-refractivity contribution in [1.82, 2.24) is 0 Å². The summed E-state index contributed by atoms with van der Waals surface area (Å²) in [6.07, 6.45) is 10.8. The summed E-state index contributed by atoms with van der Waals surface area (Å²) in [5, 5.41) is 0. The number of carbonyl (C=O) groups is 1. The molecular weight excluding hydrogens is 232 g/mol. The standard InChI is InChI=1S/C18H20O/c1-14(2)13-17-10-6-9-16(18(17)19)12-11-15-7-4-3-5-8-15/h3-12,14,16H,13H2,1-2H3.